The molecule has 3 aromatic rings. The molecule has 0 unspecified atom stereocenters. The number of hydrogen-bond acceptors (Lipinski definition) is 6. The first-order valence-corrected chi connectivity index (χ1v) is 10.2. The van der Waals surface area contributed by atoms with E-state index in [2.05, 4.69) is 14.8 Å². The summed E-state index contributed by atoms with van der Waals surface area (Å²) >= 11 is 11.6. The molecule has 0 fully saturated rings. The molecule has 0 saturated carbocycles. The summed E-state index contributed by atoms with van der Waals surface area (Å²) in [6, 6.07) is 10.5. The Balaban J connectivity index is 1.78. The summed E-state index contributed by atoms with van der Waals surface area (Å²) in [6.07, 6.45) is 1.60. The largest absolute Gasteiger partial charge is 0.461 e. The topological polar surface area (TPSA) is 103 Å². The summed E-state index contributed by atoms with van der Waals surface area (Å²) in [6.45, 7) is 1.97. The van der Waals surface area contributed by atoms with E-state index in [1.165, 1.54) is 22.9 Å². The zero-order valence-electron chi connectivity index (χ0n) is 14.5. The number of nitrogens with zero attached hydrogens (tertiary/aromatic N) is 3. The zero-order chi connectivity index (χ0) is 20.3. The van der Waals surface area contributed by atoms with Crippen LogP contribution in [0.25, 0.3) is 5.69 Å². The highest BCUT2D eigenvalue weighted by Crippen LogP contribution is 2.24. The third-order valence-electron chi connectivity index (χ3n) is 3.53. The molecule has 1 aromatic carbocycles. The Morgan fingerprint density at radius 2 is 1.86 bits per heavy atom. The van der Waals surface area contributed by atoms with Crippen molar-refractivity contribution in [3.8, 4) is 5.69 Å². The van der Waals surface area contributed by atoms with Gasteiger partial charge in [-0.3, -0.25) is 4.72 Å². The molecule has 0 aliphatic heterocycles. The fourth-order valence-corrected chi connectivity index (χ4v) is 3.99. The van der Waals surface area contributed by atoms with Crippen LogP contribution in [0, 0.1) is 0 Å². The molecule has 8 nitrogen and oxygen atoms in total. The number of carbonyl (C=O) groups is 1. The average Bonchev–Trinajstić information content (AvgIpc) is 3.12. The van der Waals surface area contributed by atoms with Crippen molar-refractivity contribution in [1.82, 2.24) is 14.8 Å². The number of aromatic nitrogens is 3. The van der Waals surface area contributed by atoms with E-state index in [9.17, 15) is 13.2 Å². The van der Waals surface area contributed by atoms with Crippen molar-refractivity contribution < 1.29 is 17.9 Å². The van der Waals surface area contributed by atoms with Gasteiger partial charge in [0.2, 0.25) is 0 Å². The van der Waals surface area contributed by atoms with Crippen LogP contribution < -0.4 is 4.72 Å². The van der Waals surface area contributed by atoms with Crippen molar-refractivity contribution in [2.75, 3.05) is 11.3 Å². The Kier molecular flexibility index (Phi) is 5.87. The van der Waals surface area contributed by atoms with Crippen molar-refractivity contribution in [1.29, 1.82) is 0 Å². The Labute approximate surface area is 171 Å². The summed E-state index contributed by atoms with van der Waals surface area (Å²) in [5, 5.41) is 4.01. The Bertz CT molecular complexity index is 1110. The zero-order valence-corrected chi connectivity index (χ0v) is 16.8. The Morgan fingerprint density at radius 3 is 2.50 bits per heavy atom. The third-order valence-corrected chi connectivity index (χ3v) is 5.55. The first kappa shape index (κ1) is 20.1. The number of nitrogens with one attached hydrogen (secondary N) is 1. The van der Waals surface area contributed by atoms with E-state index in [1.807, 2.05) is 0 Å². The van der Waals surface area contributed by atoms with Gasteiger partial charge in [-0.1, -0.05) is 23.2 Å². The van der Waals surface area contributed by atoms with Gasteiger partial charge in [0.25, 0.3) is 10.0 Å². The minimum atomic E-state index is -3.94. The number of halogens is 2. The quantitative estimate of drug-likeness (QED) is 0.464. The van der Waals surface area contributed by atoms with Crippen molar-refractivity contribution in [2.24, 2.45) is 0 Å². The minimum absolute atomic E-state index is 0.0923. The van der Waals surface area contributed by atoms with Crippen LogP contribution in [-0.2, 0) is 14.8 Å². The number of ether oxygens (including phenoxy) is 1. The lowest BCUT2D eigenvalue weighted by Gasteiger charge is -2.10. The second kappa shape index (κ2) is 8.17. The monoisotopic (exact) mass is 440 g/mol. The molecule has 146 valence electrons. The molecule has 1 N–H and O–H groups in total. The van der Waals surface area contributed by atoms with E-state index in [-0.39, 0.29) is 27.5 Å². The Hall–Kier alpha value is -2.62. The number of carbonyl (C=O) groups excluding carboxylic acids is 1. The maximum absolute atomic E-state index is 12.5. The third kappa shape index (κ3) is 4.44. The van der Waals surface area contributed by atoms with Gasteiger partial charge >= 0.3 is 5.97 Å². The van der Waals surface area contributed by atoms with E-state index in [1.54, 1.807) is 37.4 Å². The maximum atomic E-state index is 12.5. The fraction of sp³-hybridized carbons (Fsp3) is 0.118. The summed E-state index contributed by atoms with van der Waals surface area (Å²) in [5.41, 5.74) is 1.12. The highest BCUT2D eigenvalue weighted by Gasteiger charge is 2.19. The smallest absolute Gasteiger partial charge is 0.358 e. The van der Waals surface area contributed by atoms with E-state index in [0.29, 0.717) is 11.4 Å². The first-order valence-electron chi connectivity index (χ1n) is 7.98. The second-order valence-electron chi connectivity index (χ2n) is 5.44. The predicted octanol–water partition coefficient (Wildman–Crippen LogP) is 3.55. The van der Waals surface area contributed by atoms with Crippen LogP contribution in [0.3, 0.4) is 0 Å². The van der Waals surface area contributed by atoms with Gasteiger partial charge in [0.1, 0.15) is 10.0 Å². The lowest BCUT2D eigenvalue weighted by molar-refractivity contribution is 0.0519. The van der Waals surface area contributed by atoms with E-state index < -0.39 is 16.0 Å². The molecule has 0 saturated heterocycles. The number of sulfonamides is 1. The van der Waals surface area contributed by atoms with Gasteiger partial charge in [0, 0.05) is 11.9 Å². The van der Waals surface area contributed by atoms with Gasteiger partial charge in [0.05, 0.1) is 12.3 Å². The number of anilines is 1. The molecule has 11 heteroatoms. The highest BCUT2D eigenvalue weighted by molar-refractivity contribution is 7.92. The molecule has 0 amide bonds. The van der Waals surface area contributed by atoms with E-state index >= 15 is 0 Å². The molecular formula is C17H14Cl2N4O4S. The van der Waals surface area contributed by atoms with Crippen molar-refractivity contribution in [2.45, 2.75) is 11.8 Å². The molecule has 2 aromatic heterocycles. The summed E-state index contributed by atoms with van der Waals surface area (Å²) in [5.74, 6) is -0.515. The van der Waals surface area contributed by atoms with Crippen molar-refractivity contribution in [3.63, 3.8) is 0 Å². The number of hydrogen-bond donors (Lipinski definition) is 1. The molecule has 0 radical (unpaired) electrons. The van der Waals surface area contributed by atoms with Crippen LogP contribution in [0.4, 0.5) is 5.69 Å². The summed E-state index contributed by atoms with van der Waals surface area (Å²) < 4.78 is 33.7. The standard InChI is InChI=1S/C17H14Cl2N4O4S/c1-2-27-17(24)13-9-10-23(21-13)12-5-3-11(4-6-12)22-28(25,26)14-7-8-15(18)20-16(14)19/h3-10,22H,2H2,1H3. The van der Waals surface area contributed by atoms with Crippen LogP contribution in [0.2, 0.25) is 10.3 Å². The van der Waals surface area contributed by atoms with Crippen LogP contribution in [0.1, 0.15) is 17.4 Å². The lowest BCUT2D eigenvalue weighted by Crippen LogP contribution is -2.14. The maximum Gasteiger partial charge on any atom is 0.358 e. The number of pyridine rings is 1. The molecule has 0 bridgehead atoms. The molecule has 2 heterocycles. The van der Waals surface area contributed by atoms with Gasteiger partial charge in [-0.05, 0) is 49.4 Å². The average molecular weight is 441 g/mol. The van der Waals surface area contributed by atoms with Crippen molar-refractivity contribution in [3.05, 3.63) is 64.7 Å². The van der Waals surface area contributed by atoms with Crippen LogP contribution >= 0.6 is 23.2 Å². The van der Waals surface area contributed by atoms with Crippen LogP contribution in [-0.4, -0.2) is 35.8 Å². The minimum Gasteiger partial charge on any atom is -0.461 e. The fourth-order valence-electron chi connectivity index (χ4n) is 2.27. The van der Waals surface area contributed by atoms with E-state index in [4.69, 9.17) is 27.9 Å². The molecule has 28 heavy (non-hydrogen) atoms. The molecule has 0 spiro atoms. The molecule has 3 rings (SSSR count). The van der Waals surface area contributed by atoms with E-state index in [0.717, 1.165) is 0 Å². The number of benzene rings is 1. The molecule has 0 aliphatic rings. The molecule has 0 atom stereocenters. The Morgan fingerprint density at radius 1 is 1.14 bits per heavy atom. The predicted molar refractivity (Wildman–Crippen MR) is 105 cm³/mol. The highest BCUT2D eigenvalue weighted by atomic mass is 35.5. The van der Waals surface area contributed by atoms with Gasteiger partial charge in [-0.2, -0.15) is 5.10 Å². The van der Waals surface area contributed by atoms with Gasteiger partial charge in [-0.25, -0.2) is 22.9 Å². The van der Waals surface area contributed by atoms with Crippen LogP contribution in [0.15, 0.2) is 53.6 Å². The normalized spacial score (nSPS) is 11.2. The molecule has 0 aliphatic carbocycles. The van der Waals surface area contributed by atoms with Gasteiger partial charge in [-0.15, -0.1) is 0 Å². The van der Waals surface area contributed by atoms with Crippen molar-refractivity contribution >= 4 is 44.9 Å². The SMILES string of the molecule is CCOC(=O)c1ccn(-c2ccc(NS(=O)(=O)c3ccc(Cl)nc3Cl)cc2)n1. The summed E-state index contributed by atoms with van der Waals surface area (Å²) in [7, 11) is -3.94. The van der Waals surface area contributed by atoms with Gasteiger partial charge in [0.15, 0.2) is 10.8 Å². The number of esters is 1. The molecular weight excluding hydrogens is 427 g/mol. The first-order chi connectivity index (χ1) is 13.3. The van der Waals surface area contributed by atoms with Crippen LogP contribution in [0.5, 0.6) is 0 Å². The van der Waals surface area contributed by atoms with Gasteiger partial charge < -0.3 is 4.74 Å². The summed E-state index contributed by atoms with van der Waals surface area (Å²) in [4.78, 5) is 15.2. The lowest BCUT2D eigenvalue weighted by atomic mass is 10.3. The number of rotatable bonds is 6. The second-order valence-corrected chi connectivity index (χ2v) is 7.84.